The van der Waals surface area contributed by atoms with Gasteiger partial charge >= 0.3 is 0 Å². The number of aryl methyl sites for hydroxylation is 2. The van der Waals surface area contributed by atoms with Gasteiger partial charge in [0, 0.05) is 18.7 Å². The zero-order valence-electron chi connectivity index (χ0n) is 14.1. The van der Waals surface area contributed by atoms with Gasteiger partial charge in [0.1, 0.15) is 12.2 Å². The lowest BCUT2D eigenvalue weighted by Crippen LogP contribution is -2.16. The molecule has 0 spiro atoms. The average molecular weight is 303 g/mol. The van der Waals surface area contributed by atoms with Gasteiger partial charge in [0.15, 0.2) is 5.78 Å². The van der Waals surface area contributed by atoms with E-state index in [1.165, 1.54) is 0 Å². The molecule has 0 aliphatic heterocycles. The van der Waals surface area contributed by atoms with E-state index in [0.717, 1.165) is 48.6 Å². The zero-order valence-corrected chi connectivity index (χ0v) is 14.1. The molecule has 0 N–H and O–H groups in total. The molecule has 1 unspecified atom stereocenters. The number of nitrogens with zero attached hydrogens (tertiary/aromatic N) is 5. The van der Waals surface area contributed by atoms with E-state index >= 15 is 0 Å². The second-order valence-corrected chi connectivity index (χ2v) is 5.85. The van der Waals surface area contributed by atoms with Crippen molar-refractivity contribution in [3.05, 3.63) is 29.1 Å². The fourth-order valence-electron chi connectivity index (χ4n) is 2.89. The van der Waals surface area contributed by atoms with Crippen molar-refractivity contribution >= 4 is 5.78 Å². The zero-order chi connectivity index (χ0) is 16.3. The van der Waals surface area contributed by atoms with Crippen LogP contribution in [-0.2, 0) is 13.0 Å². The summed E-state index contributed by atoms with van der Waals surface area (Å²) in [6, 6.07) is 0.136. The van der Waals surface area contributed by atoms with Gasteiger partial charge in [-0.1, -0.05) is 13.3 Å². The predicted octanol–water partition coefficient (Wildman–Crippen LogP) is 2.90. The highest BCUT2D eigenvalue weighted by atomic mass is 16.1. The van der Waals surface area contributed by atoms with Crippen LogP contribution in [0.25, 0.3) is 0 Å². The maximum Gasteiger partial charge on any atom is 0.163 e. The van der Waals surface area contributed by atoms with Gasteiger partial charge in [-0.15, -0.1) is 0 Å². The molecular weight excluding hydrogens is 278 g/mol. The van der Waals surface area contributed by atoms with E-state index in [0.29, 0.717) is 0 Å². The largest absolute Gasteiger partial charge is 0.294 e. The number of unbranched alkanes of at least 4 members (excludes halogenated alkanes) is 1. The Morgan fingerprint density at radius 1 is 1.36 bits per heavy atom. The van der Waals surface area contributed by atoms with Gasteiger partial charge in [0.25, 0.3) is 0 Å². The van der Waals surface area contributed by atoms with E-state index in [4.69, 9.17) is 0 Å². The first kappa shape index (κ1) is 16.4. The van der Waals surface area contributed by atoms with Crippen LogP contribution in [-0.4, -0.2) is 30.3 Å². The van der Waals surface area contributed by atoms with E-state index in [1.807, 2.05) is 23.2 Å². The van der Waals surface area contributed by atoms with Gasteiger partial charge in [-0.3, -0.25) is 14.2 Å². The molecule has 0 bridgehead atoms. The van der Waals surface area contributed by atoms with Crippen molar-refractivity contribution in [2.75, 3.05) is 0 Å². The smallest absolute Gasteiger partial charge is 0.163 e. The molecule has 0 aliphatic carbocycles. The fourth-order valence-corrected chi connectivity index (χ4v) is 2.89. The van der Waals surface area contributed by atoms with Crippen molar-refractivity contribution in [3.8, 4) is 0 Å². The molecule has 0 aromatic carbocycles. The van der Waals surface area contributed by atoms with Crippen molar-refractivity contribution in [1.82, 2.24) is 24.5 Å². The Morgan fingerprint density at radius 2 is 2.09 bits per heavy atom. The Bertz CT molecular complexity index is 656. The summed E-state index contributed by atoms with van der Waals surface area (Å²) in [5.74, 6) is 1.04. The molecule has 0 amide bonds. The Kier molecular flexibility index (Phi) is 5.11. The summed E-state index contributed by atoms with van der Waals surface area (Å²) in [6.45, 7) is 10.6. The number of hydrogen-bond acceptors (Lipinski definition) is 4. The van der Waals surface area contributed by atoms with E-state index in [9.17, 15) is 4.79 Å². The van der Waals surface area contributed by atoms with Gasteiger partial charge in [0.2, 0.25) is 0 Å². The monoisotopic (exact) mass is 303 g/mol. The first-order valence-electron chi connectivity index (χ1n) is 7.89. The number of Topliss-reactive ketones (excluding diaryl/α,β-unsaturated/α-hetero) is 1. The Labute approximate surface area is 131 Å². The van der Waals surface area contributed by atoms with Crippen molar-refractivity contribution in [1.29, 1.82) is 0 Å². The second kappa shape index (κ2) is 6.85. The van der Waals surface area contributed by atoms with Gasteiger partial charge < -0.3 is 0 Å². The lowest BCUT2D eigenvalue weighted by molar-refractivity contribution is 0.101. The minimum atomic E-state index is 0.0690. The van der Waals surface area contributed by atoms with Crippen LogP contribution in [0.2, 0.25) is 0 Å². The summed E-state index contributed by atoms with van der Waals surface area (Å²) in [4.78, 5) is 16.1. The van der Waals surface area contributed by atoms with E-state index in [1.54, 1.807) is 13.3 Å². The molecule has 0 saturated heterocycles. The number of rotatable bonds is 7. The summed E-state index contributed by atoms with van der Waals surface area (Å²) in [7, 11) is 0. The quantitative estimate of drug-likeness (QED) is 0.738. The Balaban J connectivity index is 2.20. The van der Waals surface area contributed by atoms with E-state index in [-0.39, 0.29) is 11.8 Å². The number of carbonyl (C=O) groups is 1. The Morgan fingerprint density at radius 3 is 2.68 bits per heavy atom. The SMILES string of the molecule is CCCCn1ncnc1CC(C)n1nc(C)c(C(C)=O)c1C. The van der Waals surface area contributed by atoms with Crippen LogP contribution in [0.15, 0.2) is 6.33 Å². The molecule has 6 nitrogen and oxygen atoms in total. The van der Waals surface area contributed by atoms with Crippen LogP contribution in [0, 0.1) is 13.8 Å². The fraction of sp³-hybridized carbons (Fsp3) is 0.625. The van der Waals surface area contributed by atoms with Crippen LogP contribution in [0.3, 0.4) is 0 Å². The second-order valence-electron chi connectivity index (χ2n) is 5.85. The van der Waals surface area contributed by atoms with E-state index in [2.05, 4.69) is 29.0 Å². The first-order chi connectivity index (χ1) is 10.5. The summed E-state index contributed by atoms with van der Waals surface area (Å²) in [6.07, 6.45) is 4.59. The van der Waals surface area contributed by atoms with E-state index < -0.39 is 0 Å². The molecule has 22 heavy (non-hydrogen) atoms. The molecule has 2 rings (SSSR count). The maximum absolute atomic E-state index is 11.7. The predicted molar refractivity (Wildman–Crippen MR) is 85.1 cm³/mol. The number of ketones is 1. The van der Waals surface area contributed by atoms with Crippen molar-refractivity contribution < 1.29 is 4.79 Å². The molecule has 0 aliphatic rings. The van der Waals surface area contributed by atoms with Gasteiger partial charge in [-0.25, -0.2) is 4.98 Å². The third-order valence-corrected chi connectivity index (χ3v) is 3.99. The third kappa shape index (κ3) is 3.26. The molecule has 0 fully saturated rings. The normalized spacial score (nSPS) is 12.6. The first-order valence-corrected chi connectivity index (χ1v) is 7.89. The lowest BCUT2D eigenvalue weighted by atomic mass is 10.1. The molecule has 0 saturated carbocycles. The maximum atomic E-state index is 11.7. The molecule has 1 atom stereocenters. The van der Waals surface area contributed by atoms with Gasteiger partial charge in [0.05, 0.1) is 17.3 Å². The van der Waals surface area contributed by atoms with Crippen molar-refractivity contribution in [2.45, 2.75) is 66.5 Å². The van der Waals surface area contributed by atoms with Crippen LogP contribution in [0.5, 0.6) is 0 Å². The van der Waals surface area contributed by atoms with Crippen molar-refractivity contribution in [3.63, 3.8) is 0 Å². The summed E-state index contributed by atoms with van der Waals surface area (Å²) in [5, 5.41) is 8.84. The minimum Gasteiger partial charge on any atom is -0.294 e. The van der Waals surface area contributed by atoms with Crippen LogP contribution in [0.4, 0.5) is 0 Å². The van der Waals surface area contributed by atoms with Crippen LogP contribution >= 0.6 is 0 Å². The summed E-state index contributed by atoms with van der Waals surface area (Å²) >= 11 is 0. The number of hydrogen-bond donors (Lipinski definition) is 0. The number of aromatic nitrogens is 5. The lowest BCUT2D eigenvalue weighted by Gasteiger charge is -2.14. The molecular formula is C16H25N5O. The molecule has 2 heterocycles. The third-order valence-electron chi connectivity index (χ3n) is 3.99. The Hall–Kier alpha value is -1.98. The minimum absolute atomic E-state index is 0.0690. The average Bonchev–Trinajstić information content (AvgIpc) is 3.00. The number of carbonyl (C=O) groups excluding carboxylic acids is 1. The molecule has 2 aromatic heterocycles. The van der Waals surface area contributed by atoms with Crippen LogP contribution < -0.4 is 0 Å². The highest BCUT2D eigenvalue weighted by Crippen LogP contribution is 2.20. The van der Waals surface area contributed by atoms with Crippen molar-refractivity contribution in [2.24, 2.45) is 0 Å². The topological polar surface area (TPSA) is 65.6 Å². The highest BCUT2D eigenvalue weighted by Gasteiger charge is 2.20. The standard InChI is InChI=1S/C16H25N5O/c1-6-7-8-20-15(17-10-18-20)9-11(2)21-13(4)16(14(5)22)12(3)19-21/h10-11H,6-9H2,1-5H3. The van der Waals surface area contributed by atoms with Gasteiger partial charge in [-0.05, 0) is 34.1 Å². The molecule has 120 valence electrons. The molecule has 6 heteroatoms. The summed E-state index contributed by atoms with van der Waals surface area (Å²) in [5.41, 5.74) is 2.46. The molecule has 0 radical (unpaired) electrons. The molecule has 2 aromatic rings. The summed E-state index contributed by atoms with van der Waals surface area (Å²) < 4.78 is 3.91. The highest BCUT2D eigenvalue weighted by molar-refractivity contribution is 5.96. The van der Waals surface area contributed by atoms with Crippen LogP contribution in [0.1, 0.15) is 67.2 Å². The van der Waals surface area contributed by atoms with Gasteiger partial charge in [-0.2, -0.15) is 10.2 Å².